The van der Waals surface area contributed by atoms with Crippen molar-refractivity contribution in [2.45, 2.75) is 45.2 Å². The highest BCUT2D eigenvalue weighted by atomic mass is 35.5. The lowest BCUT2D eigenvalue weighted by Gasteiger charge is -2.24. The second kappa shape index (κ2) is 9.89. The zero-order valence-electron chi connectivity index (χ0n) is 21.4. The van der Waals surface area contributed by atoms with Crippen LogP contribution in [0.15, 0.2) is 54.5 Å². The minimum Gasteiger partial charge on any atom is -0.383 e. The Kier molecular flexibility index (Phi) is 6.75. The van der Waals surface area contributed by atoms with Crippen molar-refractivity contribution >= 4 is 45.5 Å². The van der Waals surface area contributed by atoms with Gasteiger partial charge in [-0.1, -0.05) is 62.2 Å². The molecule has 0 spiro atoms. The third-order valence-electron chi connectivity index (χ3n) is 6.66. The third kappa shape index (κ3) is 5.04. The highest BCUT2D eigenvalue weighted by Crippen LogP contribution is 2.43. The number of hydrogen-bond acceptors (Lipinski definition) is 8. The Morgan fingerprint density at radius 2 is 1.92 bits per heavy atom. The number of benzene rings is 2. The van der Waals surface area contributed by atoms with Crippen LogP contribution in [0.4, 0.5) is 11.4 Å². The second-order valence-corrected chi connectivity index (χ2v) is 11.7. The maximum absolute atomic E-state index is 9.79. The van der Waals surface area contributed by atoms with E-state index in [2.05, 4.69) is 59.5 Å². The maximum Gasteiger partial charge on any atom is 0.143 e. The number of nitrogens with zero attached hydrogens (tertiary/aromatic N) is 4. The van der Waals surface area contributed by atoms with Crippen LogP contribution in [0.25, 0.3) is 10.9 Å². The molecule has 1 saturated carbocycles. The number of hydrazine groups is 2. The van der Waals surface area contributed by atoms with E-state index in [1.165, 1.54) is 0 Å². The standard InChI is InChI=1S/C28H28Cl2N8/c1-27(2,3)16-34-24-17(12-31)13-33-25-20(24)10-18(11-22(25)30)35-26(19-6-4-5-7-21(19)29)23-14-38(37-36-23)28(15-32)8-9-28/h4-7,10-11,13-14,26,35-37H,8-9,16H2,1-3H3,(H,33,34)/t26-/m0/s1. The molecule has 5 rings (SSSR count). The van der Waals surface area contributed by atoms with Gasteiger partial charge in [0, 0.05) is 35.0 Å². The molecule has 1 aliphatic carbocycles. The molecule has 38 heavy (non-hydrogen) atoms. The van der Waals surface area contributed by atoms with Gasteiger partial charge < -0.3 is 16.1 Å². The molecular weight excluding hydrogens is 519 g/mol. The number of rotatable bonds is 7. The van der Waals surface area contributed by atoms with Gasteiger partial charge in [0.05, 0.1) is 39.6 Å². The number of nitrogens with one attached hydrogen (secondary N) is 4. The van der Waals surface area contributed by atoms with E-state index in [0.29, 0.717) is 33.4 Å². The summed E-state index contributed by atoms with van der Waals surface area (Å²) in [5, 5.41) is 30.1. The van der Waals surface area contributed by atoms with Crippen molar-refractivity contribution in [3.8, 4) is 12.1 Å². The number of aromatic nitrogens is 1. The van der Waals surface area contributed by atoms with Crippen molar-refractivity contribution in [3.05, 3.63) is 75.7 Å². The molecule has 8 nitrogen and oxygen atoms in total. The van der Waals surface area contributed by atoms with Crippen LogP contribution in [0.1, 0.15) is 50.8 Å². The van der Waals surface area contributed by atoms with Crippen LogP contribution >= 0.6 is 23.2 Å². The zero-order chi connectivity index (χ0) is 27.1. The van der Waals surface area contributed by atoms with Crippen molar-refractivity contribution in [2.75, 3.05) is 17.2 Å². The highest BCUT2D eigenvalue weighted by Gasteiger charge is 2.50. The van der Waals surface area contributed by atoms with Crippen molar-refractivity contribution in [1.29, 1.82) is 10.5 Å². The number of nitriles is 2. The lowest BCUT2D eigenvalue weighted by molar-refractivity contribution is 0.217. The van der Waals surface area contributed by atoms with Crippen LogP contribution in [0.5, 0.6) is 0 Å². The molecule has 4 N–H and O–H groups in total. The van der Waals surface area contributed by atoms with Crippen molar-refractivity contribution < 1.29 is 0 Å². The molecule has 0 radical (unpaired) electrons. The average Bonchev–Trinajstić information content (AvgIpc) is 3.53. The fourth-order valence-electron chi connectivity index (χ4n) is 4.40. The van der Waals surface area contributed by atoms with Crippen LogP contribution in [0, 0.1) is 28.1 Å². The van der Waals surface area contributed by atoms with E-state index in [1.54, 1.807) is 6.20 Å². The fourth-order valence-corrected chi connectivity index (χ4v) is 4.91. The third-order valence-corrected chi connectivity index (χ3v) is 7.29. The van der Waals surface area contributed by atoms with E-state index >= 15 is 0 Å². The zero-order valence-corrected chi connectivity index (χ0v) is 22.9. The van der Waals surface area contributed by atoms with Crippen LogP contribution in [0.3, 0.4) is 0 Å². The second-order valence-electron chi connectivity index (χ2n) is 10.9. The molecule has 1 aliphatic heterocycles. The Morgan fingerprint density at radius 1 is 1.16 bits per heavy atom. The predicted molar refractivity (Wildman–Crippen MR) is 151 cm³/mol. The first-order valence-corrected chi connectivity index (χ1v) is 13.1. The SMILES string of the molecule is CC(C)(C)CNc1c(C#N)cnc2c(Cl)cc(N[C@H](C3=CN(C4(C#N)CC4)NN3)c3ccccc3Cl)cc12. The van der Waals surface area contributed by atoms with Crippen LogP contribution in [0.2, 0.25) is 10.0 Å². The van der Waals surface area contributed by atoms with Gasteiger partial charge in [-0.25, -0.2) is 0 Å². The molecule has 0 unspecified atom stereocenters. The van der Waals surface area contributed by atoms with Gasteiger partial charge in [0.1, 0.15) is 11.6 Å². The largest absolute Gasteiger partial charge is 0.383 e. The van der Waals surface area contributed by atoms with E-state index in [1.807, 2.05) is 47.6 Å². The van der Waals surface area contributed by atoms with Gasteiger partial charge >= 0.3 is 0 Å². The summed E-state index contributed by atoms with van der Waals surface area (Å²) in [5.41, 5.74) is 9.92. The van der Waals surface area contributed by atoms with Crippen LogP contribution in [-0.4, -0.2) is 22.1 Å². The minimum absolute atomic E-state index is 0.00103. The Bertz CT molecular complexity index is 1510. The van der Waals surface area contributed by atoms with E-state index < -0.39 is 5.54 Å². The molecule has 194 valence electrons. The summed E-state index contributed by atoms with van der Waals surface area (Å²) in [6, 6.07) is 15.6. The number of halogens is 2. The van der Waals surface area contributed by atoms with Crippen LogP contribution < -0.4 is 21.6 Å². The molecule has 2 aromatic carbocycles. The average molecular weight is 547 g/mol. The highest BCUT2D eigenvalue weighted by molar-refractivity contribution is 6.36. The van der Waals surface area contributed by atoms with Crippen molar-refractivity contribution in [2.24, 2.45) is 5.41 Å². The number of fused-ring (bicyclic) bond motifs is 1. The van der Waals surface area contributed by atoms with Crippen LogP contribution in [-0.2, 0) is 0 Å². The molecule has 1 aromatic heterocycles. The molecular formula is C28H28Cl2N8. The topological polar surface area (TPSA) is 112 Å². The first-order chi connectivity index (χ1) is 18.1. The molecule has 1 atom stereocenters. The molecule has 2 heterocycles. The van der Waals surface area contributed by atoms with E-state index in [9.17, 15) is 10.5 Å². The monoisotopic (exact) mass is 546 g/mol. The van der Waals surface area contributed by atoms with Gasteiger partial charge in [0.15, 0.2) is 0 Å². The lowest BCUT2D eigenvalue weighted by Crippen LogP contribution is -2.44. The smallest absolute Gasteiger partial charge is 0.143 e. The molecule has 10 heteroatoms. The normalized spacial score (nSPS) is 16.7. The van der Waals surface area contributed by atoms with Gasteiger partial charge in [-0.2, -0.15) is 10.5 Å². The van der Waals surface area contributed by atoms with Crippen molar-refractivity contribution in [3.63, 3.8) is 0 Å². The molecule has 2 aliphatic rings. The molecule has 0 bridgehead atoms. The summed E-state index contributed by atoms with van der Waals surface area (Å²) in [4.78, 5) is 4.47. The molecule has 0 saturated heterocycles. The first-order valence-electron chi connectivity index (χ1n) is 12.4. The van der Waals surface area contributed by atoms with Crippen molar-refractivity contribution in [1.82, 2.24) is 21.0 Å². The number of hydrogen-bond donors (Lipinski definition) is 4. The molecule has 3 aromatic rings. The molecule has 1 fully saturated rings. The summed E-state index contributed by atoms with van der Waals surface area (Å²) in [5.74, 6) is 0. The van der Waals surface area contributed by atoms with E-state index in [4.69, 9.17) is 23.2 Å². The summed E-state index contributed by atoms with van der Waals surface area (Å²) >= 11 is 13.4. The summed E-state index contributed by atoms with van der Waals surface area (Å²) in [6.07, 6.45) is 5.05. The predicted octanol–water partition coefficient (Wildman–Crippen LogP) is 6.25. The molecule has 0 amide bonds. The Morgan fingerprint density at radius 3 is 2.58 bits per heavy atom. The summed E-state index contributed by atoms with van der Waals surface area (Å²) in [6.45, 7) is 7.04. The Hall–Kier alpha value is -3.69. The number of anilines is 2. The van der Waals surface area contributed by atoms with Gasteiger partial charge in [-0.15, -0.1) is 5.53 Å². The lowest BCUT2D eigenvalue weighted by atomic mass is 9.96. The number of pyridine rings is 1. The van der Waals surface area contributed by atoms with E-state index in [-0.39, 0.29) is 11.5 Å². The Labute approximate surface area is 232 Å². The minimum atomic E-state index is -0.543. The van der Waals surface area contributed by atoms with E-state index in [0.717, 1.165) is 35.2 Å². The maximum atomic E-state index is 9.79. The van der Waals surface area contributed by atoms with Gasteiger partial charge in [0.2, 0.25) is 0 Å². The summed E-state index contributed by atoms with van der Waals surface area (Å²) < 4.78 is 0. The van der Waals surface area contributed by atoms with Gasteiger partial charge in [-0.05, 0) is 42.0 Å². The van der Waals surface area contributed by atoms with Gasteiger partial charge in [-0.3, -0.25) is 9.99 Å². The van der Waals surface area contributed by atoms with Gasteiger partial charge in [0.25, 0.3) is 0 Å². The first kappa shape index (κ1) is 25.9. The fraction of sp³-hybridized carbons (Fsp3) is 0.321. The Balaban J connectivity index is 1.57. The quantitative estimate of drug-likeness (QED) is 0.275. The summed E-state index contributed by atoms with van der Waals surface area (Å²) in [7, 11) is 0.